The molecule has 1 N–H and O–H groups in total. The lowest BCUT2D eigenvalue weighted by Gasteiger charge is -2.10. The number of aliphatic hydroxyl groups is 1. The van der Waals surface area contributed by atoms with Gasteiger partial charge in [0.1, 0.15) is 5.75 Å². The fourth-order valence-corrected chi connectivity index (χ4v) is 2.22. The molecule has 0 radical (unpaired) electrons. The summed E-state index contributed by atoms with van der Waals surface area (Å²) in [7, 11) is 0. The number of aryl methyl sites for hydroxylation is 2. The highest BCUT2D eigenvalue weighted by molar-refractivity contribution is 5.42. The van der Waals surface area contributed by atoms with Crippen molar-refractivity contribution in [3.05, 3.63) is 53.9 Å². The van der Waals surface area contributed by atoms with Gasteiger partial charge >= 0.3 is 0 Å². The van der Waals surface area contributed by atoms with Crippen LogP contribution in [0.15, 0.2) is 42.6 Å². The van der Waals surface area contributed by atoms with Gasteiger partial charge in [0.05, 0.1) is 12.3 Å². The Morgan fingerprint density at radius 2 is 2.00 bits per heavy atom. The van der Waals surface area contributed by atoms with Crippen molar-refractivity contribution < 1.29 is 9.84 Å². The molecule has 0 saturated carbocycles. The molecule has 0 aliphatic carbocycles. The molecule has 0 amide bonds. The molecule has 1 unspecified atom stereocenters. The second-order valence-electron chi connectivity index (χ2n) is 5.49. The van der Waals surface area contributed by atoms with Gasteiger partial charge in [-0.15, -0.1) is 0 Å². The summed E-state index contributed by atoms with van der Waals surface area (Å²) in [6.45, 7) is 3.82. The predicted octanol–water partition coefficient (Wildman–Crippen LogP) is 3.14. The minimum atomic E-state index is -0.343. The first-order chi connectivity index (χ1) is 10.6. The van der Waals surface area contributed by atoms with Crippen LogP contribution < -0.4 is 4.74 Å². The van der Waals surface area contributed by atoms with Crippen LogP contribution in [0, 0.1) is 6.92 Å². The monoisotopic (exact) mass is 297 g/mol. The molecule has 22 heavy (non-hydrogen) atoms. The van der Waals surface area contributed by atoms with Crippen molar-refractivity contribution in [3.63, 3.8) is 0 Å². The standard InChI is InChI=1S/C17H19N3O2/c1-12-3-7-15(8-4-12)22-17-11-14(6-5-13(2)21)19-16-9-10-18-20(16)17/h3-4,7-11,13,21H,5-6H2,1-2H3. The zero-order valence-electron chi connectivity index (χ0n) is 12.7. The number of nitrogens with zero attached hydrogens (tertiary/aromatic N) is 3. The van der Waals surface area contributed by atoms with E-state index in [1.165, 1.54) is 5.56 Å². The maximum atomic E-state index is 9.44. The van der Waals surface area contributed by atoms with Crippen molar-refractivity contribution in [2.45, 2.75) is 32.8 Å². The summed E-state index contributed by atoms with van der Waals surface area (Å²) in [5, 5.41) is 13.7. The molecule has 0 saturated heterocycles. The molecule has 0 aliphatic rings. The van der Waals surface area contributed by atoms with Gasteiger partial charge in [-0.1, -0.05) is 17.7 Å². The molecule has 0 fully saturated rings. The number of fused-ring (bicyclic) bond motifs is 1. The Morgan fingerprint density at radius 3 is 2.73 bits per heavy atom. The SMILES string of the molecule is Cc1ccc(Oc2cc(CCC(C)O)nc3ccnn23)cc1. The molecular weight excluding hydrogens is 278 g/mol. The Balaban J connectivity index is 1.92. The van der Waals surface area contributed by atoms with Crippen LogP contribution in [0.25, 0.3) is 5.65 Å². The van der Waals surface area contributed by atoms with Gasteiger partial charge in [-0.25, -0.2) is 4.98 Å². The first-order valence-electron chi connectivity index (χ1n) is 7.38. The summed E-state index contributed by atoms with van der Waals surface area (Å²) in [6.07, 6.45) is 2.72. The summed E-state index contributed by atoms with van der Waals surface area (Å²) in [5.41, 5.74) is 2.81. The summed E-state index contributed by atoms with van der Waals surface area (Å²) in [6, 6.07) is 11.6. The third-order valence-corrected chi connectivity index (χ3v) is 3.44. The van der Waals surface area contributed by atoms with Crippen LogP contribution in [0.1, 0.15) is 24.6 Å². The third-order valence-electron chi connectivity index (χ3n) is 3.44. The third kappa shape index (κ3) is 3.26. The smallest absolute Gasteiger partial charge is 0.224 e. The maximum Gasteiger partial charge on any atom is 0.224 e. The number of benzene rings is 1. The van der Waals surface area contributed by atoms with E-state index in [2.05, 4.69) is 10.1 Å². The summed E-state index contributed by atoms with van der Waals surface area (Å²) in [4.78, 5) is 4.53. The van der Waals surface area contributed by atoms with Gasteiger partial charge in [0.25, 0.3) is 0 Å². The highest BCUT2D eigenvalue weighted by Crippen LogP contribution is 2.23. The van der Waals surface area contributed by atoms with E-state index in [-0.39, 0.29) is 6.10 Å². The van der Waals surface area contributed by atoms with E-state index in [1.807, 2.05) is 43.3 Å². The molecule has 0 bridgehead atoms. The lowest BCUT2D eigenvalue weighted by molar-refractivity contribution is 0.184. The highest BCUT2D eigenvalue weighted by atomic mass is 16.5. The van der Waals surface area contributed by atoms with Crippen LogP contribution in [0.5, 0.6) is 11.6 Å². The molecule has 3 aromatic rings. The van der Waals surface area contributed by atoms with E-state index >= 15 is 0 Å². The number of hydrogen-bond donors (Lipinski definition) is 1. The van der Waals surface area contributed by atoms with Gasteiger partial charge in [-0.05, 0) is 38.8 Å². The van der Waals surface area contributed by atoms with Gasteiger partial charge in [0.2, 0.25) is 5.88 Å². The van der Waals surface area contributed by atoms with E-state index in [0.29, 0.717) is 18.7 Å². The quantitative estimate of drug-likeness (QED) is 0.786. The molecule has 114 valence electrons. The number of aliphatic hydroxyl groups excluding tert-OH is 1. The molecule has 0 aliphatic heterocycles. The summed E-state index contributed by atoms with van der Waals surface area (Å²) >= 11 is 0. The van der Waals surface area contributed by atoms with Gasteiger partial charge in [-0.3, -0.25) is 0 Å². The molecule has 1 aromatic carbocycles. The van der Waals surface area contributed by atoms with Gasteiger partial charge in [0.15, 0.2) is 5.65 Å². The Morgan fingerprint density at radius 1 is 1.23 bits per heavy atom. The number of hydrogen-bond acceptors (Lipinski definition) is 4. The number of aromatic nitrogens is 3. The Labute approximate surface area is 129 Å². The average Bonchev–Trinajstić information content (AvgIpc) is 2.96. The Hall–Kier alpha value is -2.40. The zero-order valence-corrected chi connectivity index (χ0v) is 12.7. The summed E-state index contributed by atoms with van der Waals surface area (Å²) < 4.78 is 7.62. The molecule has 5 heteroatoms. The fraction of sp³-hybridized carbons (Fsp3) is 0.294. The maximum absolute atomic E-state index is 9.44. The molecule has 2 heterocycles. The zero-order chi connectivity index (χ0) is 15.5. The molecule has 0 spiro atoms. The predicted molar refractivity (Wildman–Crippen MR) is 84.2 cm³/mol. The normalized spacial score (nSPS) is 12.5. The Kier molecular flexibility index (Phi) is 4.06. The van der Waals surface area contributed by atoms with Crippen molar-refractivity contribution in [1.82, 2.24) is 14.6 Å². The minimum absolute atomic E-state index is 0.343. The van der Waals surface area contributed by atoms with Gasteiger partial charge < -0.3 is 9.84 Å². The number of rotatable bonds is 5. The summed E-state index contributed by atoms with van der Waals surface area (Å²) in [5.74, 6) is 1.38. The molecule has 2 aromatic heterocycles. The Bertz CT molecular complexity index is 763. The number of ether oxygens (including phenoxy) is 1. The lowest BCUT2D eigenvalue weighted by atomic mass is 10.1. The van der Waals surface area contributed by atoms with Crippen LogP contribution in [-0.4, -0.2) is 25.8 Å². The largest absolute Gasteiger partial charge is 0.439 e. The molecule has 5 nitrogen and oxygen atoms in total. The van der Waals surface area contributed by atoms with Crippen molar-refractivity contribution in [2.75, 3.05) is 0 Å². The second-order valence-corrected chi connectivity index (χ2v) is 5.49. The van der Waals surface area contributed by atoms with Crippen LogP contribution in [0.2, 0.25) is 0 Å². The lowest BCUT2D eigenvalue weighted by Crippen LogP contribution is -2.05. The first-order valence-corrected chi connectivity index (χ1v) is 7.38. The van der Waals surface area contributed by atoms with E-state index < -0.39 is 0 Å². The van der Waals surface area contributed by atoms with Crippen molar-refractivity contribution in [2.24, 2.45) is 0 Å². The fourth-order valence-electron chi connectivity index (χ4n) is 2.22. The first kappa shape index (κ1) is 14.5. The van der Waals surface area contributed by atoms with Crippen LogP contribution >= 0.6 is 0 Å². The van der Waals surface area contributed by atoms with Crippen LogP contribution in [0.3, 0.4) is 0 Å². The van der Waals surface area contributed by atoms with Crippen molar-refractivity contribution in [3.8, 4) is 11.6 Å². The van der Waals surface area contributed by atoms with Gasteiger partial charge in [0, 0.05) is 17.8 Å². The van der Waals surface area contributed by atoms with E-state index in [4.69, 9.17) is 4.74 Å². The minimum Gasteiger partial charge on any atom is -0.439 e. The molecule has 1 atom stereocenters. The highest BCUT2D eigenvalue weighted by Gasteiger charge is 2.09. The van der Waals surface area contributed by atoms with Crippen LogP contribution in [-0.2, 0) is 6.42 Å². The van der Waals surface area contributed by atoms with E-state index in [9.17, 15) is 5.11 Å². The van der Waals surface area contributed by atoms with Gasteiger partial charge in [-0.2, -0.15) is 9.61 Å². The van der Waals surface area contributed by atoms with Crippen molar-refractivity contribution in [1.29, 1.82) is 0 Å². The van der Waals surface area contributed by atoms with E-state index in [1.54, 1.807) is 17.6 Å². The second kappa shape index (κ2) is 6.15. The molecular formula is C17H19N3O2. The average molecular weight is 297 g/mol. The molecule has 3 rings (SSSR count). The van der Waals surface area contributed by atoms with Crippen LogP contribution in [0.4, 0.5) is 0 Å². The topological polar surface area (TPSA) is 59.7 Å². The van der Waals surface area contributed by atoms with E-state index in [0.717, 1.165) is 17.1 Å². The van der Waals surface area contributed by atoms with Crippen molar-refractivity contribution >= 4 is 5.65 Å².